The van der Waals surface area contributed by atoms with Crippen LogP contribution in [0.2, 0.25) is 0 Å². The number of anilines is 1. The summed E-state index contributed by atoms with van der Waals surface area (Å²) in [5, 5.41) is 0.350. The number of pyridine rings is 2. The molecular formula is C39H39F3N8O2. The Bertz CT molecular complexity index is 2050. The van der Waals surface area contributed by atoms with Crippen LogP contribution in [0.3, 0.4) is 0 Å². The molecule has 0 unspecified atom stereocenters. The predicted octanol–water partition coefficient (Wildman–Crippen LogP) is 6.40. The second kappa shape index (κ2) is 14.1. The molecule has 4 aromatic rings. The number of carbonyl (C=O) groups is 1. The Kier molecular flexibility index (Phi) is 9.25. The summed E-state index contributed by atoms with van der Waals surface area (Å²) in [5.41, 5.74) is 1.84. The van der Waals surface area contributed by atoms with E-state index in [9.17, 15) is 9.18 Å². The van der Waals surface area contributed by atoms with E-state index >= 15 is 8.78 Å². The molecule has 3 aromatic heterocycles. The van der Waals surface area contributed by atoms with Crippen LogP contribution in [0.4, 0.5) is 19.0 Å². The highest BCUT2D eigenvalue weighted by Gasteiger charge is 2.49. The molecule has 1 amide bonds. The number of hydrogen-bond acceptors (Lipinski definition) is 8. The second-order valence-electron chi connectivity index (χ2n) is 14.3. The second-order valence-corrected chi connectivity index (χ2v) is 14.3. The first-order valence-corrected chi connectivity index (χ1v) is 18.0. The molecule has 3 saturated heterocycles. The van der Waals surface area contributed by atoms with E-state index in [2.05, 4.69) is 24.7 Å². The minimum absolute atomic E-state index is 0.0357. The molecule has 0 bridgehead atoms. The Balaban J connectivity index is 1.15. The van der Waals surface area contributed by atoms with Gasteiger partial charge in [0.05, 0.1) is 16.6 Å². The molecular weight excluding hydrogens is 669 g/mol. The Morgan fingerprint density at radius 1 is 1.06 bits per heavy atom. The summed E-state index contributed by atoms with van der Waals surface area (Å²) in [7, 11) is 0. The molecule has 10 nitrogen and oxygen atoms in total. The number of halogens is 3. The number of carbonyl (C=O) groups excluding carboxylic acids is 1. The number of ether oxygens (including phenoxy) is 1. The zero-order valence-corrected chi connectivity index (χ0v) is 28.7. The summed E-state index contributed by atoms with van der Waals surface area (Å²) >= 11 is 0. The Labute approximate surface area is 300 Å². The molecule has 4 aliphatic rings. The molecule has 0 N–H and O–H groups in total. The molecule has 52 heavy (non-hydrogen) atoms. The van der Waals surface area contributed by atoms with E-state index < -0.39 is 35.3 Å². The van der Waals surface area contributed by atoms with Crippen LogP contribution < -0.4 is 9.64 Å². The van der Waals surface area contributed by atoms with Gasteiger partial charge in [-0.3, -0.25) is 19.7 Å². The van der Waals surface area contributed by atoms with Crippen molar-refractivity contribution in [2.45, 2.75) is 62.2 Å². The van der Waals surface area contributed by atoms with E-state index in [-0.39, 0.29) is 50.0 Å². The Morgan fingerprint density at radius 3 is 2.69 bits per heavy atom. The van der Waals surface area contributed by atoms with Gasteiger partial charge in [-0.05, 0) is 55.8 Å². The minimum Gasteiger partial charge on any atom is -0.461 e. The van der Waals surface area contributed by atoms with E-state index in [0.717, 1.165) is 55.9 Å². The molecule has 6 heterocycles. The lowest BCUT2D eigenvalue weighted by molar-refractivity contribution is -0.130. The summed E-state index contributed by atoms with van der Waals surface area (Å²) in [6.45, 7) is 9.28. The predicted molar refractivity (Wildman–Crippen MR) is 190 cm³/mol. The van der Waals surface area contributed by atoms with Gasteiger partial charge in [-0.25, -0.2) is 19.7 Å². The highest BCUT2D eigenvalue weighted by Crippen LogP contribution is 2.43. The number of rotatable bonds is 9. The maximum atomic E-state index is 16.9. The topological polar surface area (TPSA) is 91.9 Å². The van der Waals surface area contributed by atoms with Gasteiger partial charge in [0, 0.05) is 56.6 Å². The summed E-state index contributed by atoms with van der Waals surface area (Å²) in [4.78, 5) is 40.4. The van der Waals surface area contributed by atoms with E-state index in [4.69, 9.17) is 16.3 Å². The van der Waals surface area contributed by atoms with Crippen LogP contribution in [0, 0.1) is 12.4 Å². The maximum Gasteiger partial charge on any atom is 0.319 e. The Morgan fingerprint density at radius 2 is 1.90 bits per heavy atom. The zero-order chi connectivity index (χ0) is 35.8. The monoisotopic (exact) mass is 708 g/mol. The summed E-state index contributed by atoms with van der Waals surface area (Å²) < 4.78 is 53.0. The lowest BCUT2D eigenvalue weighted by Crippen LogP contribution is -2.56. The van der Waals surface area contributed by atoms with E-state index in [1.807, 2.05) is 29.2 Å². The van der Waals surface area contributed by atoms with E-state index in [1.165, 1.54) is 11.1 Å². The Hall–Kier alpha value is -5.09. The molecule has 3 atom stereocenters. The van der Waals surface area contributed by atoms with Crippen molar-refractivity contribution in [3.8, 4) is 17.3 Å². The maximum absolute atomic E-state index is 16.9. The summed E-state index contributed by atoms with van der Waals surface area (Å²) in [6.07, 6.45) is 8.51. The van der Waals surface area contributed by atoms with E-state index in [0.29, 0.717) is 35.8 Å². The van der Waals surface area contributed by atoms with Crippen LogP contribution in [-0.4, -0.2) is 99.3 Å². The summed E-state index contributed by atoms with van der Waals surface area (Å²) in [5.74, 6) is -1.73. The van der Waals surface area contributed by atoms with Crippen molar-refractivity contribution in [3.63, 3.8) is 0 Å². The molecule has 0 spiro atoms. The average Bonchev–Trinajstić information content (AvgIpc) is 3.66. The number of piperazine rings is 1. The lowest BCUT2D eigenvalue weighted by atomic mass is 9.77. The number of hydrogen-bond donors (Lipinski definition) is 0. The molecule has 13 heteroatoms. The van der Waals surface area contributed by atoms with Crippen LogP contribution in [0.15, 0.2) is 60.7 Å². The van der Waals surface area contributed by atoms with Gasteiger partial charge >= 0.3 is 6.01 Å². The molecule has 4 fully saturated rings. The smallest absolute Gasteiger partial charge is 0.319 e. The highest BCUT2D eigenvalue weighted by molar-refractivity contribution is 5.96. The van der Waals surface area contributed by atoms with Crippen LogP contribution in [0.5, 0.6) is 6.01 Å². The van der Waals surface area contributed by atoms with Crippen LogP contribution in [-0.2, 0) is 4.79 Å². The number of amides is 1. The van der Waals surface area contributed by atoms with Gasteiger partial charge in [-0.15, -0.1) is 0 Å². The number of nitrogens with zero attached hydrogens (tertiary/aromatic N) is 8. The molecule has 0 radical (unpaired) electrons. The molecule has 1 aliphatic carbocycles. The van der Waals surface area contributed by atoms with Crippen molar-refractivity contribution >= 4 is 28.7 Å². The van der Waals surface area contributed by atoms with Gasteiger partial charge in [0.25, 0.3) is 5.91 Å². The molecule has 1 aromatic carbocycles. The molecule has 3 aliphatic heterocycles. The molecule has 268 valence electrons. The third kappa shape index (κ3) is 6.34. The average molecular weight is 709 g/mol. The number of aromatic nitrogens is 4. The first-order valence-electron chi connectivity index (χ1n) is 18.0. The van der Waals surface area contributed by atoms with Crippen molar-refractivity contribution in [1.29, 1.82) is 0 Å². The van der Waals surface area contributed by atoms with Crippen LogP contribution >= 0.6 is 0 Å². The van der Waals surface area contributed by atoms with Crippen molar-refractivity contribution in [3.05, 3.63) is 89.2 Å². The zero-order valence-electron chi connectivity index (χ0n) is 28.7. The normalized spacial score (nSPS) is 23.8. The third-order valence-electron chi connectivity index (χ3n) is 11.1. The van der Waals surface area contributed by atoms with Crippen molar-refractivity contribution < 1.29 is 22.7 Å². The fourth-order valence-corrected chi connectivity index (χ4v) is 8.32. The fraction of sp³-hybridized carbons (Fsp3) is 0.436. The van der Waals surface area contributed by atoms with Crippen LogP contribution in [0.1, 0.15) is 55.7 Å². The quantitative estimate of drug-likeness (QED) is 0.146. The molecule has 1 saturated carbocycles. The van der Waals surface area contributed by atoms with Gasteiger partial charge in [0.1, 0.15) is 35.8 Å². The van der Waals surface area contributed by atoms with Gasteiger partial charge < -0.3 is 19.4 Å². The van der Waals surface area contributed by atoms with Crippen molar-refractivity contribution in [2.24, 2.45) is 0 Å². The minimum atomic E-state index is -0.978. The molecule has 8 rings (SSSR count). The van der Waals surface area contributed by atoms with Gasteiger partial charge in [0.2, 0.25) is 6.54 Å². The van der Waals surface area contributed by atoms with Gasteiger partial charge in [-0.1, -0.05) is 36.8 Å². The van der Waals surface area contributed by atoms with Crippen molar-refractivity contribution in [2.75, 3.05) is 50.8 Å². The third-order valence-corrected chi connectivity index (χ3v) is 11.1. The standard InChI is InChI=1S/C39H39F3N8O2/c1-43-20-28-23-48(16-17-50(28)37(51)32(41)18-27-10-4-5-14-44-27)36-31-21-45-34(30-12-3-2-11-29(30)25-8-6-9-25)33(42)35(31)46-38(47-36)52-24-39-13-7-15-49(39)22-26(40)19-39/h2-5,10-12,14,18,21,25-26,28H,6-9,13,15-17,19-20,22-24H2/b32-18-/t26-,28+,39+/m1/s1. The lowest BCUT2D eigenvalue weighted by Gasteiger charge is -2.39. The first kappa shape index (κ1) is 34.0. The number of benzene rings is 1. The fourth-order valence-electron chi connectivity index (χ4n) is 8.32. The first-order chi connectivity index (χ1) is 25.3. The highest BCUT2D eigenvalue weighted by atomic mass is 19.1. The number of fused-ring (bicyclic) bond motifs is 2. The SMILES string of the molecule is [C-]#[N+]C[C@H]1CN(c2nc(OC[C@@]34CCCN3C[C@H](F)C4)nc3c(F)c(-c4ccccc4C4CCC4)ncc23)CCN1C(=O)/C(F)=C/c1ccccn1. The van der Waals surface area contributed by atoms with Crippen molar-refractivity contribution in [1.82, 2.24) is 29.7 Å². The van der Waals surface area contributed by atoms with Gasteiger partial charge in [0.15, 0.2) is 11.6 Å². The van der Waals surface area contributed by atoms with Crippen LogP contribution in [0.25, 0.3) is 33.1 Å². The van der Waals surface area contributed by atoms with Gasteiger partial charge in [-0.2, -0.15) is 9.97 Å². The largest absolute Gasteiger partial charge is 0.461 e. The number of alkyl halides is 1. The summed E-state index contributed by atoms with van der Waals surface area (Å²) in [6, 6.07) is 12.0. The van der Waals surface area contributed by atoms with E-state index in [1.54, 1.807) is 24.4 Å².